The highest BCUT2D eigenvalue weighted by Gasteiger charge is 2.55. The molecular weight excluding hydrogens is 718 g/mol. The topological polar surface area (TPSA) is 170 Å². The van der Waals surface area contributed by atoms with Gasteiger partial charge in [-0.25, -0.2) is 0 Å². The number of fused-ring (bicyclic) bond motifs is 1. The van der Waals surface area contributed by atoms with Gasteiger partial charge in [0, 0.05) is 19.2 Å². The van der Waals surface area contributed by atoms with Crippen molar-refractivity contribution in [3.63, 3.8) is 0 Å². The SMILES string of the molecule is COCC1=C([C@H](O)CC/C(=C/c2cc(I)c(O)c(OC)c2)c2ccccn2)[C@H](CO)[C@@H]2C(=O)N(c3cccc(B(O)O)c3)C(=O)[C@@H]2C1. The second kappa shape index (κ2) is 15.1. The number of carbonyl (C=O) groups is 2. The number of carbonyl (C=O) groups excluding carboxylic acids is 2. The van der Waals surface area contributed by atoms with Crippen molar-refractivity contribution in [2.75, 3.05) is 32.3 Å². The Balaban J connectivity index is 1.46. The molecule has 2 aromatic carbocycles. The van der Waals surface area contributed by atoms with E-state index in [4.69, 9.17) is 9.47 Å². The zero-order valence-corrected chi connectivity index (χ0v) is 28.1. The summed E-state index contributed by atoms with van der Waals surface area (Å²) in [5.41, 5.74) is 3.74. The van der Waals surface area contributed by atoms with Crippen molar-refractivity contribution >= 4 is 64.3 Å². The molecule has 47 heavy (non-hydrogen) atoms. The van der Waals surface area contributed by atoms with Crippen molar-refractivity contribution in [1.82, 2.24) is 4.98 Å². The number of hydrogen-bond donors (Lipinski definition) is 5. The summed E-state index contributed by atoms with van der Waals surface area (Å²) in [5, 5.41) is 52.1. The van der Waals surface area contributed by atoms with Crippen LogP contribution in [0.1, 0.15) is 30.5 Å². The molecule has 0 bridgehead atoms. The number of pyridine rings is 1. The molecule has 11 nitrogen and oxygen atoms in total. The van der Waals surface area contributed by atoms with Gasteiger partial charge >= 0.3 is 7.12 Å². The van der Waals surface area contributed by atoms with Crippen LogP contribution < -0.4 is 15.1 Å². The first kappa shape index (κ1) is 34.7. The molecule has 1 aliphatic carbocycles. The number of halogens is 1. The standard InChI is InChI=1S/C34H36BIN2O9/c1-46-18-21-15-24-31(34(43)38(33(24)42)23-7-5-6-22(16-23)35(44)45)25(17-39)30(21)28(40)10-9-20(27-8-3-4-11-37-27)12-19-13-26(36)32(41)29(14-19)47-2/h3-8,11-14,16,24-25,28,31,39-41,44-45H,9-10,15,17-18H2,1-2H3/b20-12-/t24-,25+,28-,31-/m1/s1. The van der Waals surface area contributed by atoms with Gasteiger partial charge in [-0.1, -0.05) is 18.2 Å². The van der Waals surface area contributed by atoms with Gasteiger partial charge in [-0.15, -0.1) is 0 Å². The van der Waals surface area contributed by atoms with Crippen LogP contribution in [0.25, 0.3) is 11.6 Å². The highest BCUT2D eigenvalue weighted by atomic mass is 127. The zero-order valence-electron chi connectivity index (χ0n) is 25.9. The molecule has 13 heteroatoms. The molecule has 4 atom stereocenters. The second-order valence-corrected chi connectivity index (χ2v) is 12.8. The Hall–Kier alpha value is -3.60. The fourth-order valence-electron chi connectivity index (χ4n) is 6.65. The lowest BCUT2D eigenvalue weighted by Crippen LogP contribution is -2.39. The van der Waals surface area contributed by atoms with Gasteiger partial charge in [-0.05, 0) is 112 Å². The number of ether oxygens (including phenoxy) is 2. The Morgan fingerprint density at radius 3 is 2.57 bits per heavy atom. The molecule has 2 heterocycles. The lowest BCUT2D eigenvalue weighted by molar-refractivity contribution is -0.123. The zero-order chi connectivity index (χ0) is 33.8. The number of imide groups is 1. The largest absolute Gasteiger partial charge is 0.504 e. The lowest BCUT2D eigenvalue weighted by atomic mass is 9.68. The predicted molar refractivity (Wildman–Crippen MR) is 185 cm³/mol. The highest BCUT2D eigenvalue weighted by molar-refractivity contribution is 14.1. The molecule has 1 aromatic heterocycles. The van der Waals surface area contributed by atoms with Crippen molar-refractivity contribution < 1.29 is 44.4 Å². The molecule has 0 saturated carbocycles. The number of rotatable bonds is 12. The molecule has 1 saturated heterocycles. The van der Waals surface area contributed by atoms with Crippen molar-refractivity contribution in [3.05, 3.63) is 86.8 Å². The maximum Gasteiger partial charge on any atom is 0.488 e. The molecule has 246 valence electrons. The van der Waals surface area contributed by atoms with Gasteiger partial charge in [0.15, 0.2) is 11.5 Å². The first-order valence-corrected chi connectivity index (χ1v) is 16.2. The monoisotopic (exact) mass is 754 g/mol. The minimum atomic E-state index is -1.78. The molecular formula is C34H36BIN2O9. The number of aliphatic hydroxyl groups excluding tert-OH is 2. The smallest absolute Gasteiger partial charge is 0.488 e. The number of hydrogen-bond acceptors (Lipinski definition) is 10. The van der Waals surface area contributed by atoms with Crippen LogP contribution in [0.4, 0.5) is 5.69 Å². The molecule has 1 aliphatic heterocycles. The van der Waals surface area contributed by atoms with Crippen LogP contribution in [0, 0.1) is 21.3 Å². The molecule has 3 aromatic rings. The van der Waals surface area contributed by atoms with Crippen LogP contribution in [0.2, 0.25) is 0 Å². The summed E-state index contributed by atoms with van der Waals surface area (Å²) < 4.78 is 11.4. The van der Waals surface area contributed by atoms with Crippen molar-refractivity contribution in [3.8, 4) is 11.5 Å². The first-order chi connectivity index (χ1) is 22.6. The van der Waals surface area contributed by atoms with E-state index in [2.05, 4.69) is 4.98 Å². The van der Waals surface area contributed by atoms with Gasteiger partial charge in [0.05, 0.1) is 53.2 Å². The summed E-state index contributed by atoms with van der Waals surface area (Å²) >= 11 is 2.03. The molecule has 5 N–H and O–H groups in total. The number of allylic oxidation sites excluding steroid dienone is 1. The van der Waals surface area contributed by atoms with E-state index < -0.39 is 49.4 Å². The molecule has 2 amide bonds. The number of phenols is 1. The summed E-state index contributed by atoms with van der Waals surface area (Å²) in [4.78, 5) is 33.1. The molecule has 2 aliphatic rings. The fraction of sp³-hybridized carbons (Fsp3) is 0.324. The Kier molecular flexibility index (Phi) is 11.2. The van der Waals surface area contributed by atoms with Crippen LogP contribution in [0.15, 0.2) is 71.9 Å². The summed E-state index contributed by atoms with van der Waals surface area (Å²) in [6.07, 6.45) is 3.26. The Labute approximate surface area is 286 Å². The minimum Gasteiger partial charge on any atom is -0.504 e. The molecule has 1 fully saturated rings. The maximum absolute atomic E-state index is 13.9. The van der Waals surface area contributed by atoms with Crippen LogP contribution in [-0.4, -0.2) is 82.8 Å². The summed E-state index contributed by atoms with van der Waals surface area (Å²) in [7, 11) is 1.20. The van der Waals surface area contributed by atoms with Crippen molar-refractivity contribution in [1.29, 1.82) is 0 Å². The number of benzene rings is 2. The van der Waals surface area contributed by atoms with Gasteiger partial charge in [0.2, 0.25) is 11.8 Å². The van der Waals surface area contributed by atoms with Crippen LogP contribution in [-0.2, 0) is 14.3 Å². The van der Waals surface area contributed by atoms with E-state index in [0.29, 0.717) is 32.6 Å². The van der Waals surface area contributed by atoms with E-state index in [9.17, 15) is 35.0 Å². The normalized spacial score (nSPS) is 20.4. The number of aliphatic hydroxyl groups is 2. The number of anilines is 1. The fourth-order valence-corrected chi connectivity index (χ4v) is 7.28. The van der Waals surface area contributed by atoms with Crippen molar-refractivity contribution in [2.24, 2.45) is 17.8 Å². The number of amides is 2. The summed E-state index contributed by atoms with van der Waals surface area (Å²) in [5.74, 6) is -3.14. The van der Waals surface area contributed by atoms with E-state index in [0.717, 1.165) is 16.0 Å². The average Bonchev–Trinajstić information content (AvgIpc) is 3.32. The van der Waals surface area contributed by atoms with E-state index >= 15 is 0 Å². The Morgan fingerprint density at radius 2 is 1.91 bits per heavy atom. The average molecular weight is 754 g/mol. The van der Waals surface area contributed by atoms with Crippen molar-refractivity contribution in [2.45, 2.75) is 25.4 Å². The summed E-state index contributed by atoms with van der Waals surface area (Å²) in [6.45, 7) is -0.369. The van der Waals surface area contributed by atoms with E-state index in [-0.39, 0.29) is 36.3 Å². The van der Waals surface area contributed by atoms with Gasteiger partial charge in [0.1, 0.15) is 0 Å². The van der Waals surface area contributed by atoms with Crippen LogP contribution in [0.3, 0.4) is 0 Å². The van der Waals surface area contributed by atoms with Gasteiger partial charge in [0.25, 0.3) is 0 Å². The molecule has 0 spiro atoms. The van der Waals surface area contributed by atoms with Gasteiger partial charge in [-0.2, -0.15) is 0 Å². The number of aromatic hydroxyl groups is 1. The third-order valence-corrected chi connectivity index (χ3v) is 9.60. The number of nitrogens with zero attached hydrogens (tertiary/aromatic N) is 2. The lowest BCUT2D eigenvalue weighted by Gasteiger charge is -2.36. The second-order valence-electron chi connectivity index (χ2n) is 11.6. The van der Waals surface area contributed by atoms with Gasteiger partial charge < -0.3 is 34.8 Å². The molecule has 0 radical (unpaired) electrons. The van der Waals surface area contributed by atoms with Crippen LogP contribution >= 0.6 is 22.6 Å². The third-order valence-electron chi connectivity index (χ3n) is 8.78. The maximum atomic E-state index is 13.9. The molecule has 0 unspecified atom stereocenters. The first-order valence-electron chi connectivity index (χ1n) is 15.1. The van der Waals surface area contributed by atoms with Crippen LogP contribution in [0.5, 0.6) is 11.5 Å². The number of phenolic OH excluding ortho intramolecular Hbond substituents is 1. The van der Waals surface area contributed by atoms with Gasteiger partial charge in [-0.3, -0.25) is 19.5 Å². The van der Waals surface area contributed by atoms with E-state index in [1.165, 1.54) is 32.4 Å². The predicted octanol–water partition coefficient (Wildman–Crippen LogP) is 2.52. The van der Waals surface area contributed by atoms with E-state index in [1.807, 2.05) is 46.9 Å². The minimum absolute atomic E-state index is 0.0421. The summed E-state index contributed by atoms with van der Waals surface area (Å²) in [6, 6.07) is 15.0. The number of aromatic nitrogens is 1. The van der Waals surface area contributed by atoms with E-state index in [1.54, 1.807) is 24.4 Å². The molecule has 5 rings (SSSR count). The highest BCUT2D eigenvalue weighted by Crippen LogP contribution is 2.47. The quantitative estimate of drug-likeness (QED) is 0.0802. The Bertz CT molecular complexity index is 1700. The Morgan fingerprint density at radius 1 is 1.13 bits per heavy atom. The number of methoxy groups -OCH3 is 2. The third kappa shape index (κ3) is 7.15.